The van der Waals surface area contributed by atoms with Crippen molar-refractivity contribution in [3.8, 4) is 5.75 Å². The molecule has 3 rings (SSSR count). The van der Waals surface area contributed by atoms with Crippen molar-refractivity contribution in [1.29, 1.82) is 0 Å². The summed E-state index contributed by atoms with van der Waals surface area (Å²) in [6, 6.07) is 10.9. The lowest BCUT2D eigenvalue weighted by molar-refractivity contribution is -0.139. The predicted octanol–water partition coefficient (Wildman–Crippen LogP) is 2.83. The molecule has 0 unspecified atom stereocenters. The normalized spacial score (nSPS) is 15.2. The molecule has 10 heteroatoms. The van der Waals surface area contributed by atoms with E-state index in [0.717, 1.165) is 34.1 Å². The van der Waals surface area contributed by atoms with Crippen LogP contribution in [0.1, 0.15) is 29.5 Å². The minimum atomic E-state index is -0.889. The van der Waals surface area contributed by atoms with Crippen molar-refractivity contribution in [3.05, 3.63) is 57.6 Å². The molecule has 2 aromatic carbocycles. The van der Waals surface area contributed by atoms with E-state index in [1.807, 2.05) is 32.0 Å². The number of benzene rings is 2. The molecule has 1 fully saturated rings. The maximum absolute atomic E-state index is 12.4. The largest absolute Gasteiger partial charge is 0.483 e. The summed E-state index contributed by atoms with van der Waals surface area (Å²) in [5.41, 5.74) is 5.37. The molecule has 0 radical (unpaired) electrons. The highest BCUT2D eigenvalue weighted by atomic mass is 79.9. The maximum atomic E-state index is 12.4. The SMILES string of the molecule is Cc1cccc(C)c1NC(=O)COc1ccc(Br)cc1/C=N\NC(=O)C(=O)NC[C@H]1CCCO1. The summed E-state index contributed by atoms with van der Waals surface area (Å²) < 4.78 is 11.8. The lowest BCUT2D eigenvalue weighted by atomic mass is 10.1. The number of halogens is 1. The van der Waals surface area contributed by atoms with Gasteiger partial charge in [0.2, 0.25) is 0 Å². The van der Waals surface area contributed by atoms with Crippen LogP contribution in [0.3, 0.4) is 0 Å². The number of hydrazone groups is 1. The number of carbonyl (C=O) groups excluding carboxylic acids is 3. The average Bonchev–Trinajstić information content (AvgIpc) is 3.33. The number of hydrogen-bond donors (Lipinski definition) is 3. The Balaban J connectivity index is 1.54. The standard InChI is InChI=1S/C24H27BrN4O5/c1-15-5-3-6-16(2)22(15)28-21(30)14-34-20-9-8-18(25)11-17(20)12-27-29-24(32)23(31)26-13-19-7-4-10-33-19/h3,5-6,8-9,11-12,19H,4,7,10,13-14H2,1-2H3,(H,26,31)(H,28,30)(H,29,32)/b27-12-/t19-/m1/s1. The quantitative estimate of drug-likeness (QED) is 0.275. The number of nitrogens with zero attached hydrogens (tertiary/aromatic N) is 1. The van der Waals surface area contributed by atoms with Gasteiger partial charge in [-0.2, -0.15) is 5.10 Å². The molecule has 2 aromatic rings. The second-order valence-corrected chi connectivity index (χ2v) is 8.75. The summed E-state index contributed by atoms with van der Waals surface area (Å²) in [7, 11) is 0. The summed E-state index contributed by atoms with van der Waals surface area (Å²) >= 11 is 3.37. The first-order valence-corrected chi connectivity index (χ1v) is 11.6. The van der Waals surface area contributed by atoms with Crippen LogP contribution in [0.5, 0.6) is 5.75 Å². The van der Waals surface area contributed by atoms with Crippen molar-refractivity contribution in [3.63, 3.8) is 0 Å². The Morgan fingerprint density at radius 1 is 1.18 bits per heavy atom. The molecule has 1 aliphatic heterocycles. The van der Waals surface area contributed by atoms with Crippen LogP contribution in [0, 0.1) is 13.8 Å². The van der Waals surface area contributed by atoms with E-state index in [2.05, 4.69) is 37.1 Å². The number of hydrogen-bond acceptors (Lipinski definition) is 6. The van der Waals surface area contributed by atoms with Gasteiger partial charge in [-0.1, -0.05) is 34.1 Å². The molecule has 1 heterocycles. The van der Waals surface area contributed by atoms with Crippen molar-refractivity contribution in [1.82, 2.24) is 10.7 Å². The smallest absolute Gasteiger partial charge is 0.329 e. The molecule has 9 nitrogen and oxygen atoms in total. The van der Waals surface area contributed by atoms with Gasteiger partial charge in [-0.25, -0.2) is 5.43 Å². The fourth-order valence-corrected chi connectivity index (χ4v) is 3.76. The molecule has 3 N–H and O–H groups in total. The number of carbonyl (C=O) groups is 3. The van der Waals surface area contributed by atoms with Crippen molar-refractivity contribution >= 4 is 45.6 Å². The Hall–Kier alpha value is -3.24. The minimum absolute atomic E-state index is 0.0615. The number of anilines is 1. The maximum Gasteiger partial charge on any atom is 0.329 e. The van der Waals surface area contributed by atoms with Crippen LogP contribution in [-0.4, -0.2) is 49.8 Å². The Bertz CT molecular complexity index is 1060. The van der Waals surface area contributed by atoms with Crippen LogP contribution in [0.25, 0.3) is 0 Å². The van der Waals surface area contributed by atoms with Gasteiger partial charge in [0.15, 0.2) is 6.61 Å². The minimum Gasteiger partial charge on any atom is -0.483 e. The van der Waals surface area contributed by atoms with E-state index in [9.17, 15) is 14.4 Å². The molecule has 180 valence electrons. The van der Waals surface area contributed by atoms with E-state index < -0.39 is 11.8 Å². The van der Waals surface area contributed by atoms with Crippen LogP contribution in [-0.2, 0) is 19.1 Å². The Morgan fingerprint density at radius 2 is 1.94 bits per heavy atom. The molecule has 3 amide bonds. The number of amides is 3. The summed E-state index contributed by atoms with van der Waals surface area (Å²) in [6.07, 6.45) is 3.08. The number of aryl methyl sites for hydroxylation is 2. The molecule has 0 bridgehead atoms. The first-order chi connectivity index (χ1) is 16.3. The highest BCUT2D eigenvalue weighted by molar-refractivity contribution is 9.10. The molecular formula is C24H27BrN4O5. The Labute approximate surface area is 206 Å². The van der Waals surface area contributed by atoms with Gasteiger partial charge >= 0.3 is 11.8 Å². The molecule has 1 saturated heterocycles. The monoisotopic (exact) mass is 530 g/mol. The van der Waals surface area contributed by atoms with Crippen LogP contribution >= 0.6 is 15.9 Å². The summed E-state index contributed by atoms with van der Waals surface area (Å²) in [4.78, 5) is 36.3. The third kappa shape index (κ3) is 7.39. The van der Waals surface area contributed by atoms with Gasteiger partial charge in [0.05, 0.1) is 12.3 Å². The first-order valence-electron chi connectivity index (χ1n) is 10.8. The fourth-order valence-electron chi connectivity index (χ4n) is 3.39. The lowest BCUT2D eigenvalue weighted by Gasteiger charge is -2.13. The van der Waals surface area contributed by atoms with Crippen LogP contribution < -0.4 is 20.8 Å². The summed E-state index contributed by atoms with van der Waals surface area (Å²) in [5, 5.41) is 9.24. The van der Waals surface area contributed by atoms with Gasteiger partial charge in [-0.15, -0.1) is 0 Å². The topological polar surface area (TPSA) is 118 Å². The van der Waals surface area contributed by atoms with E-state index in [4.69, 9.17) is 9.47 Å². The number of para-hydroxylation sites is 1. The van der Waals surface area contributed by atoms with Crippen LogP contribution in [0.2, 0.25) is 0 Å². The third-order valence-corrected chi connectivity index (χ3v) is 5.66. The van der Waals surface area contributed by atoms with Gasteiger partial charge < -0.3 is 20.1 Å². The van der Waals surface area contributed by atoms with E-state index in [-0.39, 0.29) is 25.2 Å². The average molecular weight is 531 g/mol. The highest BCUT2D eigenvalue weighted by Crippen LogP contribution is 2.23. The van der Waals surface area contributed by atoms with Crippen molar-refractivity contribution in [2.45, 2.75) is 32.8 Å². The lowest BCUT2D eigenvalue weighted by Crippen LogP contribution is -2.41. The zero-order valence-electron chi connectivity index (χ0n) is 19.0. The van der Waals surface area contributed by atoms with Crippen molar-refractivity contribution in [2.75, 3.05) is 25.1 Å². The van der Waals surface area contributed by atoms with Crippen molar-refractivity contribution in [2.24, 2.45) is 5.10 Å². The van der Waals surface area contributed by atoms with E-state index in [1.165, 1.54) is 6.21 Å². The zero-order chi connectivity index (χ0) is 24.5. The third-order valence-electron chi connectivity index (χ3n) is 5.17. The van der Waals surface area contributed by atoms with Crippen LogP contribution in [0.4, 0.5) is 5.69 Å². The summed E-state index contributed by atoms with van der Waals surface area (Å²) in [6.45, 7) is 4.58. The predicted molar refractivity (Wildman–Crippen MR) is 132 cm³/mol. The highest BCUT2D eigenvalue weighted by Gasteiger charge is 2.19. The summed E-state index contributed by atoms with van der Waals surface area (Å²) in [5.74, 6) is -1.60. The second-order valence-electron chi connectivity index (χ2n) is 7.83. The Morgan fingerprint density at radius 3 is 2.65 bits per heavy atom. The molecular weight excluding hydrogens is 504 g/mol. The molecule has 1 aliphatic rings. The number of nitrogens with one attached hydrogen (secondary N) is 3. The zero-order valence-corrected chi connectivity index (χ0v) is 20.6. The van der Waals surface area contributed by atoms with E-state index >= 15 is 0 Å². The van der Waals surface area contributed by atoms with Crippen molar-refractivity contribution < 1.29 is 23.9 Å². The Kier molecular flexibility index (Phi) is 9.17. The first kappa shape index (κ1) is 25.4. The molecule has 34 heavy (non-hydrogen) atoms. The van der Waals surface area contributed by atoms with Gasteiger partial charge in [0.1, 0.15) is 5.75 Å². The van der Waals surface area contributed by atoms with Gasteiger partial charge in [0.25, 0.3) is 5.91 Å². The molecule has 0 aliphatic carbocycles. The molecule has 0 spiro atoms. The number of ether oxygens (including phenoxy) is 2. The molecule has 0 aromatic heterocycles. The fraction of sp³-hybridized carbons (Fsp3) is 0.333. The van der Waals surface area contributed by atoms with Crippen LogP contribution in [0.15, 0.2) is 46.0 Å². The van der Waals surface area contributed by atoms with Gasteiger partial charge in [0, 0.05) is 28.9 Å². The van der Waals surface area contributed by atoms with Gasteiger partial charge in [-0.3, -0.25) is 14.4 Å². The number of rotatable bonds is 8. The molecule has 0 saturated carbocycles. The second kappa shape index (κ2) is 12.3. The molecule has 1 atom stereocenters. The van der Waals surface area contributed by atoms with E-state index in [0.29, 0.717) is 17.9 Å². The van der Waals surface area contributed by atoms with E-state index in [1.54, 1.807) is 18.2 Å². The van der Waals surface area contributed by atoms with Gasteiger partial charge in [-0.05, 0) is 56.0 Å².